The lowest BCUT2D eigenvalue weighted by molar-refractivity contribution is -0.137. The van der Waals surface area contributed by atoms with Gasteiger partial charge in [-0.2, -0.15) is 0 Å². The summed E-state index contributed by atoms with van der Waals surface area (Å²) in [7, 11) is 0. The van der Waals surface area contributed by atoms with Gasteiger partial charge in [-0.3, -0.25) is 4.79 Å². The largest absolute Gasteiger partial charge is 0.378 e. The molecule has 2 rings (SSSR count). The number of amides is 1. The normalized spacial score (nSPS) is 25.3. The van der Waals surface area contributed by atoms with E-state index in [1.165, 1.54) is 0 Å². The molecule has 2 aliphatic heterocycles. The lowest BCUT2D eigenvalue weighted by Gasteiger charge is -2.34. The first-order chi connectivity index (χ1) is 9.22. The van der Waals surface area contributed by atoms with Gasteiger partial charge in [0.15, 0.2) is 0 Å². The summed E-state index contributed by atoms with van der Waals surface area (Å²) in [5, 5.41) is 3.25. The van der Waals surface area contributed by atoms with Gasteiger partial charge in [0.05, 0.1) is 6.10 Å². The summed E-state index contributed by atoms with van der Waals surface area (Å²) < 4.78 is 5.83. The fourth-order valence-corrected chi connectivity index (χ4v) is 2.89. The quantitative estimate of drug-likeness (QED) is 0.845. The molecule has 20 heavy (non-hydrogen) atoms. The summed E-state index contributed by atoms with van der Waals surface area (Å²) in [4.78, 5) is 14.5. The zero-order chi connectivity index (χ0) is 13.7. The number of nitrogens with zero attached hydrogens (tertiary/aromatic N) is 1. The van der Waals surface area contributed by atoms with Crippen LogP contribution >= 0.6 is 12.4 Å². The third-order valence-corrected chi connectivity index (χ3v) is 4.45. The summed E-state index contributed by atoms with van der Waals surface area (Å²) in [6, 6.07) is 0. The number of hydrogen-bond donors (Lipinski definition) is 1. The van der Waals surface area contributed by atoms with Crippen molar-refractivity contribution in [3.63, 3.8) is 0 Å². The molecule has 0 aromatic carbocycles. The highest BCUT2D eigenvalue weighted by molar-refractivity contribution is 5.85. The summed E-state index contributed by atoms with van der Waals surface area (Å²) in [5.41, 5.74) is 0. The number of carbonyl (C=O) groups excluding carboxylic acids is 1. The van der Waals surface area contributed by atoms with Crippen molar-refractivity contribution in [2.45, 2.75) is 45.6 Å². The van der Waals surface area contributed by atoms with Crippen LogP contribution in [0.2, 0.25) is 0 Å². The van der Waals surface area contributed by atoms with E-state index in [0.29, 0.717) is 17.9 Å². The van der Waals surface area contributed by atoms with Gasteiger partial charge in [0, 0.05) is 25.6 Å². The second-order valence-electron chi connectivity index (χ2n) is 5.96. The zero-order valence-electron chi connectivity index (χ0n) is 12.8. The molecule has 2 unspecified atom stereocenters. The van der Waals surface area contributed by atoms with E-state index in [4.69, 9.17) is 4.74 Å². The number of hydrogen-bond acceptors (Lipinski definition) is 3. The van der Waals surface area contributed by atoms with Crippen molar-refractivity contribution < 1.29 is 9.53 Å². The highest BCUT2D eigenvalue weighted by Crippen LogP contribution is 2.21. The molecule has 1 amide bonds. The first-order valence-corrected chi connectivity index (χ1v) is 7.83. The summed E-state index contributed by atoms with van der Waals surface area (Å²) in [6.45, 7) is 8.87. The number of carbonyl (C=O) groups is 1. The van der Waals surface area contributed by atoms with Crippen LogP contribution in [0.15, 0.2) is 0 Å². The Kier molecular flexibility index (Phi) is 7.85. The fraction of sp³-hybridized carbons (Fsp3) is 0.933. The van der Waals surface area contributed by atoms with E-state index in [0.717, 1.165) is 58.5 Å². The second kappa shape index (κ2) is 8.85. The van der Waals surface area contributed by atoms with Crippen molar-refractivity contribution in [1.82, 2.24) is 10.2 Å². The monoisotopic (exact) mass is 304 g/mol. The van der Waals surface area contributed by atoms with Gasteiger partial charge in [0.1, 0.15) is 0 Å². The maximum Gasteiger partial charge on any atom is 0.225 e. The molecule has 0 radical (unpaired) electrons. The lowest BCUT2D eigenvalue weighted by Crippen LogP contribution is -2.50. The first-order valence-electron chi connectivity index (χ1n) is 7.83. The maximum atomic E-state index is 12.5. The van der Waals surface area contributed by atoms with Gasteiger partial charge in [-0.25, -0.2) is 0 Å². The van der Waals surface area contributed by atoms with Crippen molar-refractivity contribution in [2.75, 3.05) is 32.8 Å². The second-order valence-corrected chi connectivity index (χ2v) is 5.96. The Labute approximate surface area is 129 Å². The minimum atomic E-state index is 0. The molecule has 4 nitrogen and oxygen atoms in total. The van der Waals surface area contributed by atoms with Crippen molar-refractivity contribution in [1.29, 1.82) is 0 Å². The summed E-state index contributed by atoms with van der Waals surface area (Å²) in [5.74, 6) is 1.07. The Morgan fingerprint density at radius 1 is 1.35 bits per heavy atom. The van der Waals surface area contributed by atoms with Gasteiger partial charge in [0.2, 0.25) is 5.91 Å². The Bertz CT molecular complexity index is 298. The molecule has 0 aromatic rings. The smallest absolute Gasteiger partial charge is 0.225 e. The van der Waals surface area contributed by atoms with E-state index in [1.54, 1.807) is 0 Å². The average Bonchev–Trinajstić information content (AvgIpc) is 2.58. The third kappa shape index (κ3) is 4.61. The molecule has 2 heterocycles. The number of rotatable bonds is 5. The molecule has 2 aliphatic rings. The van der Waals surface area contributed by atoms with Crippen LogP contribution in [-0.2, 0) is 9.53 Å². The number of nitrogens with one attached hydrogen (secondary N) is 1. The molecule has 2 saturated heterocycles. The van der Waals surface area contributed by atoms with Crippen LogP contribution in [-0.4, -0.2) is 49.7 Å². The molecule has 1 N–H and O–H groups in total. The minimum absolute atomic E-state index is 0. The summed E-state index contributed by atoms with van der Waals surface area (Å²) in [6.07, 6.45) is 4.61. The van der Waals surface area contributed by atoms with Gasteiger partial charge < -0.3 is 15.0 Å². The van der Waals surface area contributed by atoms with E-state index in [1.807, 2.05) is 0 Å². The maximum absolute atomic E-state index is 12.5. The van der Waals surface area contributed by atoms with Crippen LogP contribution in [0.4, 0.5) is 0 Å². The molecule has 118 valence electrons. The molecule has 0 aromatic heterocycles. The first kappa shape index (κ1) is 17.7. The van der Waals surface area contributed by atoms with Gasteiger partial charge in [-0.05, 0) is 44.7 Å². The van der Waals surface area contributed by atoms with Crippen LogP contribution in [0.1, 0.15) is 39.5 Å². The van der Waals surface area contributed by atoms with E-state index in [-0.39, 0.29) is 18.3 Å². The molecule has 2 fully saturated rings. The number of halogens is 1. The van der Waals surface area contributed by atoms with Crippen LogP contribution in [0.5, 0.6) is 0 Å². The Hall–Kier alpha value is -0.320. The predicted octanol–water partition coefficient (Wildman–Crippen LogP) is 2.07. The van der Waals surface area contributed by atoms with E-state index in [2.05, 4.69) is 24.1 Å². The molecule has 5 heteroatoms. The molecular formula is C15H29ClN2O2. The predicted molar refractivity (Wildman–Crippen MR) is 83.2 cm³/mol. The lowest BCUT2D eigenvalue weighted by atomic mass is 9.88. The Morgan fingerprint density at radius 3 is 2.70 bits per heavy atom. The number of ether oxygens (including phenoxy) is 1. The molecule has 2 atom stereocenters. The van der Waals surface area contributed by atoms with Crippen molar-refractivity contribution in [3.8, 4) is 0 Å². The highest BCUT2D eigenvalue weighted by atomic mass is 35.5. The topological polar surface area (TPSA) is 41.6 Å². The van der Waals surface area contributed by atoms with Crippen molar-refractivity contribution >= 4 is 18.3 Å². The zero-order valence-corrected chi connectivity index (χ0v) is 13.6. The van der Waals surface area contributed by atoms with Crippen LogP contribution in [0.25, 0.3) is 0 Å². The third-order valence-electron chi connectivity index (χ3n) is 4.45. The average molecular weight is 305 g/mol. The van der Waals surface area contributed by atoms with E-state index >= 15 is 0 Å². The summed E-state index contributed by atoms with van der Waals surface area (Å²) >= 11 is 0. The SMILES string of the molecule is CCCOC1CCCN(C(=O)C(C)C2CNC2)CC1.Cl. The van der Waals surface area contributed by atoms with Crippen LogP contribution in [0, 0.1) is 11.8 Å². The molecular weight excluding hydrogens is 276 g/mol. The molecule has 0 saturated carbocycles. The van der Waals surface area contributed by atoms with Gasteiger partial charge >= 0.3 is 0 Å². The van der Waals surface area contributed by atoms with Crippen LogP contribution in [0.3, 0.4) is 0 Å². The van der Waals surface area contributed by atoms with Gasteiger partial charge in [-0.1, -0.05) is 13.8 Å². The standard InChI is InChI=1S/C15H28N2O2.ClH/c1-3-9-19-14-5-4-7-17(8-6-14)15(18)12(2)13-10-16-11-13;/h12-14,16H,3-11H2,1-2H3;1H. The van der Waals surface area contributed by atoms with Gasteiger partial charge in [-0.15, -0.1) is 12.4 Å². The van der Waals surface area contributed by atoms with Crippen molar-refractivity contribution in [2.24, 2.45) is 11.8 Å². The van der Waals surface area contributed by atoms with E-state index in [9.17, 15) is 4.79 Å². The molecule has 0 spiro atoms. The van der Waals surface area contributed by atoms with E-state index < -0.39 is 0 Å². The van der Waals surface area contributed by atoms with Crippen LogP contribution < -0.4 is 5.32 Å². The minimum Gasteiger partial charge on any atom is -0.378 e. The Balaban J connectivity index is 0.00000200. The molecule has 0 bridgehead atoms. The Morgan fingerprint density at radius 2 is 2.10 bits per heavy atom. The van der Waals surface area contributed by atoms with Crippen molar-refractivity contribution in [3.05, 3.63) is 0 Å². The molecule has 0 aliphatic carbocycles. The number of likely N-dealkylation sites (tertiary alicyclic amines) is 1. The van der Waals surface area contributed by atoms with Gasteiger partial charge in [0.25, 0.3) is 0 Å². The fourth-order valence-electron chi connectivity index (χ4n) is 2.89. The highest BCUT2D eigenvalue weighted by Gasteiger charge is 2.32.